The summed E-state index contributed by atoms with van der Waals surface area (Å²) in [5.74, 6) is -0.160. The third-order valence-corrected chi connectivity index (χ3v) is 4.67. The van der Waals surface area contributed by atoms with Crippen LogP contribution in [0.2, 0.25) is 0 Å². The Balaban J connectivity index is 1.76. The molecule has 0 saturated carbocycles. The van der Waals surface area contributed by atoms with Crippen molar-refractivity contribution in [2.75, 3.05) is 13.6 Å². The molecule has 2 heterocycles. The molecule has 2 aromatic rings. The van der Waals surface area contributed by atoms with E-state index in [0.29, 0.717) is 25.3 Å². The van der Waals surface area contributed by atoms with Crippen molar-refractivity contribution in [3.8, 4) is 11.4 Å². The van der Waals surface area contributed by atoms with Crippen LogP contribution in [0.4, 0.5) is 0 Å². The van der Waals surface area contributed by atoms with E-state index < -0.39 is 5.91 Å². The number of piperidine rings is 1. The highest BCUT2D eigenvalue weighted by molar-refractivity contribution is 5.95. The molecular formula is C19H24N4O3. The molecule has 1 fully saturated rings. The summed E-state index contributed by atoms with van der Waals surface area (Å²) in [6.07, 6.45) is 2.43. The molecule has 3 rings (SSSR count). The van der Waals surface area contributed by atoms with E-state index in [1.807, 2.05) is 24.3 Å². The number of likely N-dealkylation sites (tertiary alicyclic amines) is 1. The molecule has 26 heavy (non-hydrogen) atoms. The average molecular weight is 356 g/mol. The van der Waals surface area contributed by atoms with Crippen molar-refractivity contribution in [2.45, 2.75) is 38.6 Å². The molecule has 0 radical (unpaired) electrons. The summed E-state index contributed by atoms with van der Waals surface area (Å²) >= 11 is 0. The van der Waals surface area contributed by atoms with Crippen molar-refractivity contribution in [3.05, 3.63) is 41.7 Å². The van der Waals surface area contributed by atoms with Crippen LogP contribution in [0.25, 0.3) is 5.69 Å². The maximum Gasteiger partial charge on any atom is 0.275 e. The van der Waals surface area contributed by atoms with Gasteiger partial charge in [-0.15, -0.1) is 0 Å². The predicted octanol–water partition coefficient (Wildman–Crippen LogP) is 2.05. The van der Waals surface area contributed by atoms with E-state index in [-0.39, 0.29) is 23.4 Å². The van der Waals surface area contributed by atoms with E-state index in [1.165, 1.54) is 10.9 Å². The third kappa shape index (κ3) is 3.71. The van der Waals surface area contributed by atoms with Gasteiger partial charge in [-0.2, -0.15) is 5.10 Å². The lowest BCUT2D eigenvalue weighted by molar-refractivity contribution is -0.132. The number of aromatic hydroxyl groups is 1. The summed E-state index contributed by atoms with van der Waals surface area (Å²) in [6, 6.07) is 7.69. The van der Waals surface area contributed by atoms with Crippen molar-refractivity contribution in [1.82, 2.24) is 20.0 Å². The second-order valence-corrected chi connectivity index (χ2v) is 7.04. The number of likely N-dealkylation sites (N-methyl/N-ethyl adjacent to an activating group) is 1. The molecule has 1 saturated heterocycles. The minimum absolute atomic E-state index is 0.0143. The molecule has 1 aliphatic rings. The summed E-state index contributed by atoms with van der Waals surface area (Å²) in [5.41, 5.74) is 1.92. The first-order valence-corrected chi connectivity index (χ1v) is 8.79. The maximum atomic E-state index is 12.5. The monoisotopic (exact) mass is 356 g/mol. The zero-order valence-corrected chi connectivity index (χ0v) is 15.3. The van der Waals surface area contributed by atoms with Crippen molar-refractivity contribution < 1.29 is 14.7 Å². The standard InChI is InChI=1S/C19H24N4O3/c1-12(2)13-5-4-6-15(9-13)23-11-16(24)18(21-23)19(26)20-14-7-8-17(25)22(3)10-14/h4-6,9,11-12,14,24H,7-8,10H2,1-3H3,(H,20,26)/t14-/m1/s1. The summed E-state index contributed by atoms with van der Waals surface area (Å²) < 4.78 is 1.51. The topological polar surface area (TPSA) is 87.5 Å². The van der Waals surface area contributed by atoms with Crippen LogP contribution >= 0.6 is 0 Å². The zero-order valence-electron chi connectivity index (χ0n) is 15.3. The molecular weight excluding hydrogens is 332 g/mol. The van der Waals surface area contributed by atoms with Crippen LogP contribution in [-0.4, -0.2) is 51.2 Å². The van der Waals surface area contributed by atoms with Gasteiger partial charge in [0.2, 0.25) is 5.91 Å². The molecule has 2 amide bonds. The first-order valence-electron chi connectivity index (χ1n) is 8.79. The molecule has 0 spiro atoms. The number of nitrogens with zero attached hydrogens (tertiary/aromatic N) is 3. The molecule has 7 nitrogen and oxygen atoms in total. The lowest BCUT2D eigenvalue weighted by Crippen LogP contribution is -2.48. The molecule has 1 atom stereocenters. The molecule has 0 bridgehead atoms. The van der Waals surface area contributed by atoms with Crippen LogP contribution in [0.5, 0.6) is 5.75 Å². The summed E-state index contributed by atoms with van der Waals surface area (Å²) in [4.78, 5) is 25.6. The van der Waals surface area contributed by atoms with Gasteiger partial charge in [0.1, 0.15) is 0 Å². The zero-order chi connectivity index (χ0) is 18.8. The van der Waals surface area contributed by atoms with Gasteiger partial charge < -0.3 is 15.3 Å². The number of hydrogen-bond acceptors (Lipinski definition) is 4. The number of carbonyl (C=O) groups excluding carboxylic acids is 2. The molecule has 0 aliphatic carbocycles. The highest BCUT2D eigenvalue weighted by Gasteiger charge is 2.26. The van der Waals surface area contributed by atoms with E-state index in [9.17, 15) is 14.7 Å². The SMILES string of the molecule is CC(C)c1cccc(-n2cc(O)c(C(=O)N[C@@H]3CCC(=O)N(C)C3)n2)c1. The first-order chi connectivity index (χ1) is 12.3. The van der Waals surface area contributed by atoms with Gasteiger partial charge in [0.25, 0.3) is 5.91 Å². The Morgan fingerprint density at radius 1 is 1.38 bits per heavy atom. The highest BCUT2D eigenvalue weighted by Crippen LogP contribution is 2.22. The quantitative estimate of drug-likeness (QED) is 0.878. The van der Waals surface area contributed by atoms with Crippen LogP contribution in [0.15, 0.2) is 30.5 Å². The normalized spacial score (nSPS) is 17.6. The van der Waals surface area contributed by atoms with Crippen molar-refractivity contribution in [2.24, 2.45) is 0 Å². The number of nitrogens with one attached hydrogen (secondary N) is 1. The number of rotatable bonds is 4. The number of benzene rings is 1. The Morgan fingerprint density at radius 3 is 2.85 bits per heavy atom. The molecule has 138 valence electrons. The van der Waals surface area contributed by atoms with Gasteiger partial charge in [-0.05, 0) is 30.0 Å². The number of hydrogen-bond donors (Lipinski definition) is 2. The molecule has 7 heteroatoms. The third-order valence-electron chi connectivity index (χ3n) is 4.67. The van der Waals surface area contributed by atoms with Crippen molar-refractivity contribution in [1.29, 1.82) is 0 Å². The minimum Gasteiger partial charge on any atom is -0.504 e. The van der Waals surface area contributed by atoms with Gasteiger partial charge >= 0.3 is 0 Å². The van der Waals surface area contributed by atoms with E-state index in [1.54, 1.807) is 11.9 Å². The number of amides is 2. The maximum absolute atomic E-state index is 12.5. The van der Waals surface area contributed by atoms with Crippen LogP contribution in [0, 0.1) is 0 Å². The fraction of sp³-hybridized carbons (Fsp3) is 0.421. The Morgan fingerprint density at radius 2 is 2.15 bits per heavy atom. The van der Waals surface area contributed by atoms with Crippen molar-refractivity contribution in [3.63, 3.8) is 0 Å². The highest BCUT2D eigenvalue weighted by atomic mass is 16.3. The molecule has 2 N–H and O–H groups in total. The van der Waals surface area contributed by atoms with Crippen LogP contribution in [0.1, 0.15) is 48.7 Å². The van der Waals surface area contributed by atoms with E-state index in [2.05, 4.69) is 24.3 Å². The summed E-state index contributed by atoms with van der Waals surface area (Å²) in [7, 11) is 1.72. The fourth-order valence-corrected chi connectivity index (χ4v) is 3.07. The van der Waals surface area contributed by atoms with Crippen LogP contribution in [-0.2, 0) is 4.79 Å². The van der Waals surface area contributed by atoms with Gasteiger partial charge in [-0.1, -0.05) is 26.0 Å². The van der Waals surface area contributed by atoms with E-state index >= 15 is 0 Å². The lowest BCUT2D eigenvalue weighted by atomic mass is 10.0. The number of carbonyl (C=O) groups is 2. The van der Waals surface area contributed by atoms with Gasteiger partial charge in [-0.3, -0.25) is 9.59 Å². The summed E-state index contributed by atoms with van der Waals surface area (Å²) in [5, 5.41) is 17.3. The van der Waals surface area contributed by atoms with E-state index in [0.717, 1.165) is 11.3 Å². The second kappa shape index (κ2) is 7.19. The van der Waals surface area contributed by atoms with Gasteiger partial charge in [0.15, 0.2) is 11.4 Å². The Hall–Kier alpha value is -2.83. The number of aromatic nitrogens is 2. The Labute approximate surface area is 152 Å². The average Bonchev–Trinajstić information content (AvgIpc) is 3.00. The smallest absolute Gasteiger partial charge is 0.275 e. The van der Waals surface area contributed by atoms with Crippen molar-refractivity contribution >= 4 is 11.8 Å². The van der Waals surface area contributed by atoms with Gasteiger partial charge in [0, 0.05) is 26.1 Å². The fourth-order valence-electron chi connectivity index (χ4n) is 3.07. The van der Waals surface area contributed by atoms with Gasteiger partial charge in [0.05, 0.1) is 11.9 Å². The van der Waals surface area contributed by atoms with Crippen LogP contribution < -0.4 is 5.32 Å². The minimum atomic E-state index is -0.436. The molecule has 1 aromatic heterocycles. The Kier molecular flexibility index (Phi) is 4.97. The predicted molar refractivity (Wildman–Crippen MR) is 97.4 cm³/mol. The molecule has 1 aliphatic heterocycles. The largest absolute Gasteiger partial charge is 0.504 e. The first kappa shape index (κ1) is 18.0. The Bertz CT molecular complexity index is 828. The molecule has 0 unspecified atom stereocenters. The molecule has 1 aromatic carbocycles. The van der Waals surface area contributed by atoms with Crippen LogP contribution in [0.3, 0.4) is 0 Å². The lowest BCUT2D eigenvalue weighted by Gasteiger charge is -2.29. The van der Waals surface area contributed by atoms with Gasteiger partial charge in [-0.25, -0.2) is 4.68 Å². The van der Waals surface area contributed by atoms with E-state index in [4.69, 9.17) is 0 Å². The summed E-state index contributed by atoms with van der Waals surface area (Å²) in [6.45, 7) is 4.66. The second-order valence-electron chi connectivity index (χ2n) is 7.04.